The molecule has 0 aromatic heterocycles. The number of nitrogens with zero attached hydrogens (tertiary/aromatic N) is 1. The van der Waals surface area contributed by atoms with Crippen LogP contribution >= 0.6 is 11.8 Å². The second-order valence-electron chi connectivity index (χ2n) is 6.57. The van der Waals surface area contributed by atoms with Crippen LogP contribution in [0.5, 0.6) is 0 Å². The molecule has 0 bridgehead atoms. The predicted octanol–water partition coefficient (Wildman–Crippen LogP) is 2.17. The Kier molecular flexibility index (Phi) is 7.80. The number of amides is 2. The number of primary amides is 1. The summed E-state index contributed by atoms with van der Waals surface area (Å²) in [6.45, 7) is 1.49. The van der Waals surface area contributed by atoms with Gasteiger partial charge in [-0.15, -0.1) is 11.8 Å². The summed E-state index contributed by atoms with van der Waals surface area (Å²) in [7, 11) is 0. The number of rotatable bonds is 8. The van der Waals surface area contributed by atoms with E-state index in [4.69, 9.17) is 10.5 Å². The first-order valence-electron chi connectivity index (χ1n) is 8.99. The van der Waals surface area contributed by atoms with E-state index in [1.807, 2.05) is 0 Å². The van der Waals surface area contributed by atoms with Crippen LogP contribution in [0.2, 0.25) is 0 Å². The molecule has 1 atom stereocenters. The third kappa shape index (κ3) is 6.22. The largest absolute Gasteiger partial charge is 0.452 e. The summed E-state index contributed by atoms with van der Waals surface area (Å²) in [5.74, 6) is -2.00. The molecule has 1 saturated carbocycles. The maximum atomic E-state index is 12.1. The van der Waals surface area contributed by atoms with Gasteiger partial charge in [0.2, 0.25) is 5.91 Å². The Morgan fingerprint density at radius 1 is 1.32 bits per heavy atom. The van der Waals surface area contributed by atoms with Gasteiger partial charge in [0.15, 0.2) is 6.10 Å². The van der Waals surface area contributed by atoms with E-state index in [0.717, 1.165) is 43.5 Å². The predicted molar refractivity (Wildman–Crippen MR) is 103 cm³/mol. The number of nitrogens with one attached hydrogen (secondary N) is 1. The summed E-state index contributed by atoms with van der Waals surface area (Å²) in [6, 6.07) is 3.89. The van der Waals surface area contributed by atoms with Gasteiger partial charge in [0, 0.05) is 17.7 Å². The fourth-order valence-electron chi connectivity index (χ4n) is 2.92. The Hall–Kier alpha value is -2.62. The van der Waals surface area contributed by atoms with E-state index in [0.29, 0.717) is 0 Å². The van der Waals surface area contributed by atoms with Crippen molar-refractivity contribution in [1.29, 1.82) is 0 Å². The molecule has 3 N–H and O–H groups in total. The van der Waals surface area contributed by atoms with E-state index in [2.05, 4.69) is 5.32 Å². The highest BCUT2D eigenvalue weighted by molar-refractivity contribution is 8.00. The molecule has 2 amide bonds. The van der Waals surface area contributed by atoms with Crippen LogP contribution in [0.1, 0.15) is 49.4 Å². The van der Waals surface area contributed by atoms with Crippen molar-refractivity contribution >= 4 is 35.2 Å². The zero-order chi connectivity index (χ0) is 20.7. The number of thioether (sulfide) groups is 1. The molecule has 0 heterocycles. The zero-order valence-corrected chi connectivity index (χ0v) is 16.3. The highest BCUT2D eigenvalue weighted by Gasteiger charge is 2.23. The van der Waals surface area contributed by atoms with Gasteiger partial charge in [0.1, 0.15) is 0 Å². The maximum Gasteiger partial charge on any atom is 0.317 e. The monoisotopic (exact) mass is 409 g/mol. The summed E-state index contributed by atoms with van der Waals surface area (Å²) in [4.78, 5) is 46.0. The van der Waals surface area contributed by atoms with Crippen LogP contribution < -0.4 is 11.1 Å². The van der Waals surface area contributed by atoms with Crippen molar-refractivity contribution in [3.8, 4) is 0 Å². The molecule has 0 unspecified atom stereocenters. The summed E-state index contributed by atoms with van der Waals surface area (Å²) in [5, 5.41) is 14.1. The number of ether oxygens (including phenoxy) is 1. The lowest BCUT2D eigenvalue weighted by atomic mass is 9.95. The van der Waals surface area contributed by atoms with Crippen LogP contribution in [0.4, 0.5) is 5.69 Å². The second kappa shape index (κ2) is 10.1. The number of benzene rings is 1. The molecular formula is C18H23N3O6S. The lowest BCUT2D eigenvalue weighted by Crippen LogP contribution is -2.43. The number of nitrogens with two attached hydrogens (primary N) is 1. The molecule has 0 saturated heterocycles. The molecule has 10 heteroatoms. The first-order chi connectivity index (χ1) is 13.3. The number of carbonyl (C=O) groups excluding carboxylic acids is 3. The SMILES string of the molecule is C[C@H](OC(=O)CSc1ccc(C(N)=O)cc1[N+](=O)[O-])C(=O)NC1CCCCC1. The van der Waals surface area contributed by atoms with Crippen LogP contribution in [0.15, 0.2) is 23.1 Å². The molecule has 152 valence electrons. The average molecular weight is 409 g/mol. The van der Waals surface area contributed by atoms with E-state index < -0.39 is 22.9 Å². The number of hydrogen-bond donors (Lipinski definition) is 2. The van der Waals surface area contributed by atoms with Gasteiger partial charge in [-0.05, 0) is 31.9 Å². The smallest absolute Gasteiger partial charge is 0.317 e. The fourth-order valence-corrected chi connectivity index (χ4v) is 3.71. The fraction of sp³-hybridized carbons (Fsp3) is 0.500. The Morgan fingerprint density at radius 3 is 2.61 bits per heavy atom. The van der Waals surface area contributed by atoms with Gasteiger partial charge in [0.25, 0.3) is 11.6 Å². The molecule has 1 aliphatic carbocycles. The molecule has 0 spiro atoms. The van der Waals surface area contributed by atoms with Gasteiger partial charge in [0.05, 0.1) is 15.6 Å². The normalized spacial score (nSPS) is 15.5. The standard InChI is InChI=1S/C18H23N3O6S/c1-11(18(24)20-13-5-3-2-4-6-13)27-16(22)10-28-15-8-7-12(17(19)23)9-14(15)21(25)26/h7-9,11,13H,2-6,10H2,1H3,(H2,19,23)(H,20,24)/t11-/m0/s1. The highest BCUT2D eigenvalue weighted by atomic mass is 32.2. The van der Waals surface area contributed by atoms with Crippen LogP contribution in [0, 0.1) is 10.1 Å². The Labute approximate surface area is 166 Å². The Balaban J connectivity index is 1.88. The number of esters is 1. The first kappa shape index (κ1) is 21.7. The molecule has 2 rings (SSSR count). The number of hydrogen-bond acceptors (Lipinski definition) is 7. The molecule has 28 heavy (non-hydrogen) atoms. The minimum absolute atomic E-state index is 0.00614. The van der Waals surface area contributed by atoms with Crippen LogP contribution in [0.25, 0.3) is 0 Å². The molecule has 0 radical (unpaired) electrons. The van der Waals surface area contributed by atoms with Crippen molar-refractivity contribution in [3.05, 3.63) is 33.9 Å². The number of nitro groups is 1. The van der Waals surface area contributed by atoms with Crippen molar-refractivity contribution in [1.82, 2.24) is 5.32 Å². The summed E-state index contributed by atoms with van der Waals surface area (Å²) in [5.41, 5.74) is 4.81. The molecule has 9 nitrogen and oxygen atoms in total. The third-order valence-electron chi connectivity index (χ3n) is 4.41. The molecule has 1 aromatic rings. The van der Waals surface area contributed by atoms with Crippen molar-refractivity contribution in [2.24, 2.45) is 5.73 Å². The van der Waals surface area contributed by atoms with Crippen molar-refractivity contribution in [2.75, 3.05) is 5.75 Å². The third-order valence-corrected chi connectivity index (χ3v) is 5.45. The molecule has 1 fully saturated rings. The minimum Gasteiger partial charge on any atom is -0.452 e. The van der Waals surface area contributed by atoms with Gasteiger partial charge >= 0.3 is 5.97 Å². The lowest BCUT2D eigenvalue weighted by Gasteiger charge is -2.24. The maximum absolute atomic E-state index is 12.1. The minimum atomic E-state index is -0.942. The van der Waals surface area contributed by atoms with Gasteiger partial charge < -0.3 is 15.8 Å². The molecular weight excluding hydrogens is 386 g/mol. The van der Waals surface area contributed by atoms with Crippen molar-refractivity contribution in [2.45, 2.75) is 56.1 Å². The highest BCUT2D eigenvalue weighted by Crippen LogP contribution is 2.30. The molecule has 1 aliphatic rings. The average Bonchev–Trinajstić information content (AvgIpc) is 2.66. The summed E-state index contributed by atoms with van der Waals surface area (Å²) < 4.78 is 5.12. The van der Waals surface area contributed by atoms with Crippen LogP contribution in [0.3, 0.4) is 0 Å². The zero-order valence-electron chi connectivity index (χ0n) is 15.5. The Morgan fingerprint density at radius 2 is 2.00 bits per heavy atom. The number of carbonyl (C=O) groups is 3. The van der Waals surface area contributed by atoms with Crippen molar-refractivity contribution < 1.29 is 24.0 Å². The Bertz CT molecular complexity index is 764. The second-order valence-corrected chi connectivity index (χ2v) is 7.59. The van der Waals surface area contributed by atoms with Crippen LogP contribution in [-0.4, -0.2) is 40.6 Å². The summed E-state index contributed by atoms with van der Waals surface area (Å²) in [6.07, 6.45) is 4.22. The van der Waals surface area contributed by atoms with Crippen molar-refractivity contribution in [3.63, 3.8) is 0 Å². The van der Waals surface area contributed by atoms with E-state index in [-0.39, 0.29) is 33.8 Å². The topological polar surface area (TPSA) is 142 Å². The number of nitro benzene ring substituents is 1. The van der Waals surface area contributed by atoms with Gasteiger partial charge in [-0.25, -0.2) is 0 Å². The van der Waals surface area contributed by atoms with E-state index >= 15 is 0 Å². The molecule has 1 aromatic carbocycles. The van der Waals surface area contributed by atoms with Gasteiger partial charge in [-0.2, -0.15) is 0 Å². The summed E-state index contributed by atoms with van der Waals surface area (Å²) >= 11 is 0.893. The van der Waals surface area contributed by atoms with E-state index in [9.17, 15) is 24.5 Å². The van der Waals surface area contributed by atoms with Gasteiger partial charge in [-0.1, -0.05) is 19.3 Å². The molecule has 0 aliphatic heterocycles. The van der Waals surface area contributed by atoms with Crippen LogP contribution in [-0.2, 0) is 14.3 Å². The lowest BCUT2D eigenvalue weighted by molar-refractivity contribution is -0.387. The van der Waals surface area contributed by atoms with Gasteiger partial charge in [-0.3, -0.25) is 24.5 Å². The quantitative estimate of drug-likeness (QED) is 0.290. The first-order valence-corrected chi connectivity index (χ1v) is 9.97. The van der Waals surface area contributed by atoms with E-state index in [1.54, 1.807) is 0 Å². The van der Waals surface area contributed by atoms with E-state index in [1.165, 1.54) is 25.5 Å².